The second-order valence-corrected chi connectivity index (χ2v) is 11.7. The van der Waals surface area contributed by atoms with Crippen LogP contribution in [-0.4, -0.2) is 50.9 Å². The Balaban J connectivity index is 2.03. The van der Waals surface area contributed by atoms with E-state index in [2.05, 4.69) is 5.32 Å². The van der Waals surface area contributed by atoms with Crippen LogP contribution in [-0.2, 0) is 26.2 Å². The third-order valence-corrected chi connectivity index (χ3v) is 8.36. The fourth-order valence-electron chi connectivity index (χ4n) is 3.90. The van der Waals surface area contributed by atoms with Crippen LogP contribution in [0.5, 0.6) is 5.75 Å². The number of anilines is 1. The van der Waals surface area contributed by atoms with Crippen molar-refractivity contribution in [3.63, 3.8) is 0 Å². The molecule has 0 saturated heterocycles. The van der Waals surface area contributed by atoms with Crippen molar-refractivity contribution in [2.45, 2.75) is 51.2 Å². The highest BCUT2D eigenvalue weighted by molar-refractivity contribution is 7.92. The molecule has 0 spiro atoms. The lowest BCUT2D eigenvalue weighted by Crippen LogP contribution is -2.52. The summed E-state index contributed by atoms with van der Waals surface area (Å²) in [4.78, 5) is 28.3. The average Bonchev–Trinajstić information content (AvgIpc) is 2.91. The molecule has 3 rings (SSSR count). The first-order valence-corrected chi connectivity index (χ1v) is 14.3. The highest BCUT2D eigenvalue weighted by Crippen LogP contribution is 2.28. The number of hydrogen-bond donors (Lipinski definition) is 1. The maximum absolute atomic E-state index is 13.9. The Morgan fingerprint density at radius 3 is 2.18 bits per heavy atom. The van der Waals surface area contributed by atoms with Crippen molar-refractivity contribution >= 4 is 39.1 Å². The molecular formula is C29H34ClN3O5S. The predicted octanol–water partition coefficient (Wildman–Crippen LogP) is 4.79. The van der Waals surface area contributed by atoms with E-state index < -0.39 is 28.5 Å². The van der Waals surface area contributed by atoms with Gasteiger partial charge in [-0.3, -0.25) is 13.9 Å². The number of benzene rings is 3. The Labute approximate surface area is 235 Å². The van der Waals surface area contributed by atoms with Crippen molar-refractivity contribution < 1.29 is 22.7 Å². The molecule has 0 aliphatic carbocycles. The molecule has 0 heterocycles. The normalized spacial score (nSPS) is 12.1. The summed E-state index contributed by atoms with van der Waals surface area (Å²) in [6.07, 6.45) is 0. The molecule has 0 radical (unpaired) electrons. The number of rotatable bonds is 11. The Morgan fingerprint density at radius 2 is 1.62 bits per heavy atom. The zero-order valence-corrected chi connectivity index (χ0v) is 24.3. The van der Waals surface area contributed by atoms with Crippen molar-refractivity contribution in [1.82, 2.24) is 10.2 Å². The monoisotopic (exact) mass is 571 g/mol. The second-order valence-electron chi connectivity index (χ2n) is 9.47. The first-order chi connectivity index (χ1) is 18.4. The smallest absolute Gasteiger partial charge is 0.264 e. The topological polar surface area (TPSA) is 96.0 Å². The number of methoxy groups -OCH3 is 1. The molecule has 0 aromatic heterocycles. The molecule has 8 nitrogen and oxygen atoms in total. The molecule has 3 aromatic rings. The Morgan fingerprint density at radius 1 is 0.974 bits per heavy atom. The molecule has 2 amide bonds. The molecule has 39 heavy (non-hydrogen) atoms. The van der Waals surface area contributed by atoms with Gasteiger partial charge in [0.2, 0.25) is 11.8 Å². The van der Waals surface area contributed by atoms with E-state index in [0.29, 0.717) is 10.8 Å². The summed E-state index contributed by atoms with van der Waals surface area (Å²) < 4.78 is 33.8. The van der Waals surface area contributed by atoms with Crippen LogP contribution in [0.15, 0.2) is 77.7 Å². The standard InChI is InChI=1S/C29H34ClN3O5S/c1-20(2)31-29(35)22(4)32(18-23-12-15-25(38-5)16-13-23)28(34)19-33(24-14-11-21(3)27(30)17-24)39(36,37)26-9-7-6-8-10-26/h6-17,20,22H,18-19H2,1-5H3,(H,31,35)/t22-/m1/s1. The number of hydrogen-bond acceptors (Lipinski definition) is 5. The maximum atomic E-state index is 13.9. The van der Waals surface area contributed by atoms with E-state index in [0.717, 1.165) is 15.4 Å². The summed E-state index contributed by atoms with van der Waals surface area (Å²) in [6.45, 7) is 6.64. The molecule has 0 aliphatic heterocycles. The molecule has 1 N–H and O–H groups in total. The van der Waals surface area contributed by atoms with Gasteiger partial charge in [0, 0.05) is 17.6 Å². The van der Waals surface area contributed by atoms with Gasteiger partial charge >= 0.3 is 0 Å². The number of amides is 2. The number of ether oxygens (including phenoxy) is 1. The summed E-state index contributed by atoms with van der Waals surface area (Å²) in [7, 11) is -2.59. The van der Waals surface area contributed by atoms with E-state index in [1.165, 1.54) is 23.1 Å². The number of carbonyl (C=O) groups excluding carboxylic acids is 2. The van der Waals surface area contributed by atoms with Crippen molar-refractivity contribution in [1.29, 1.82) is 0 Å². The van der Waals surface area contributed by atoms with E-state index in [-0.39, 0.29) is 29.1 Å². The molecule has 208 valence electrons. The van der Waals surface area contributed by atoms with Gasteiger partial charge in [-0.15, -0.1) is 0 Å². The molecule has 10 heteroatoms. The number of sulfonamides is 1. The summed E-state index contributed by atoms with van der Waals surface area (Å²) in [5.74, 6) is -0.241. The number of halogens is 1. The predicted molar refractivity (Wildman–Crippen MR) is 153 cm³/mol. The van der Waals surface area contributed by atoms with Gasteiger partial charge in [-0.2, -0.15) is 0 Å². The van der Waals surface area contributed by atoms with Gasteiger partial charge in [-0.25, -0.2) is 8.42 Å². The van der Waals surface area contributed by atoms with Gasteiger partial charge in [-0.05, 0) is 75.2 Å². The minimum atomic E-state index is -4.15. The van der Waals surface area contributed by atoms with Crippen molar-refractivity contribution in [2.24, 2.45) is 0 Å². The van der Waals surface area contributed by atoms with Gasteiger partial charge in [0.1, 0.15) is 18.3 Å². The zero-order chi connectivity index (χ0) is 28.7. The van der Waals surface area contributed by atoms with E-state index >= 15 is 0 Å². The highest BCUT2D eigenvalue weighted by Gasteiger charge is 2.32. The van der Waals surface area contributed by atoms with Crippen molar-refractivity contribution in [3.05, 3.63) is 88.9 Å². The van der Waals surface area contributed by atoms with Crippen LogP contribution in [0.1, 0.15) is 31.9 Å². The minimum Gasteiger partial charge on any atom is -0.497 e. The van der Waals surface area contributed by atoms with Gasteiger partial charge < -0.3 is 15.0 Å². The Hall–Kier alpha value is -3.56. The minimum absolute atomic E-state index is 0.0294. The quantitative estimate of drug-likeness (QED) is 0.357. The van der Waals surface area contributed by atoms with Gasteiger partial charge in [-0.1, -0.05) is 48.0 Å². The Kier molecular flexibility index (Phi) is 9.99. The van der Waals surface area contributed by atoms with Crippen molar-refractivity contribution in [3.8, 4) is 5.75 Å². The lowest BCUT2D eigenvalue weighted by atomic mass is 10.1. The number of carbonyl (C=O) groups is 2. The molecular weight excluding hydrogens is 538 g/mol. The number of nitrogens with one attached hydrogen (secondary N) is 1. The maximum Gasteiger partial charge on any atom is 0.264 e. The fraction of sp³-hybridized carbons (Fsp3) is 0.310. The molecule has 3 aromatic carbocycles. The van der Waals surface area contributed by atoms with E-state index in [1.807, 2.05) is 13.8 Å². The van der Waals surface area contributed by atoms with Gasteiger partial charge in [0.25, 0.3) is 10.0 Å². The van der Waals surface area contributed by atoms with Crippen LogP contribution in [0, 0.1) is 6.92 Å². The van der Waals surface area contributed by atoms with E-state index in [1.54, 1.807) is 75.6 Å². The molecule has 0 bridgehead atoms. The van der Waals surface area contributed by atoms with Crippen LogP contribution < -0.4 is 14.4 Å². The third kappa shape index (κ3) is 7.52. The average molecular weight is 572 g/mol. The van der Waals surface area contributed by atoms with Crippen LogP contribution in [0.3, 0.4) is 0 Å². The molecule has 0 aliphatic rings. The van der Waals surface area contributed by atoms with E-state index in [9.17, 15) is 18.0 Å². The Bertz CT molecular complexity index is 1400. The number of nitrogens with zero attached hydrogens (tertiary/aromatic N) is 2. The lowest BCUT2D eigenvalue weighted by Gasteiger charge is -2.32. The fourth-order valence-corrected chi connectivity index (χ4v) is 5.50. The first kappa shape index (κ1) is 30.0. The second kappa shape index (κ2) is 13.0. The highest BCUT2D eigenvalue weighted by atomic mass is 35.5. The van der Waals surface area contributed by atoms with Crippen LogP contribution in [0.25, 0.3) is 0 Å². The summed E-state index contributed by atoms with van der Waals surface area (Å²) in [5, 5.41) is 3.20. The molecule has 0 unspecified atom stereocenters. The lowest BCUT2D eigenvalue weighted by molar-refractivity contribution is -0.139. The third-order valence-electron chi connectivity index (χ3n) is 6.16. The molecule has 1 atom stereocenters. The molecule has 0 fully saturated rings. The van der Waals surface area contributed by atoms with Crippen LogP contribution in [0.4, 0.5) is 5.69 Å². The van der Waals surface area contributed by atoms with Crippen LogP contribution in [0.2, 0.25) is 5.02 Å². The summed E-state index contributed by atoms with van der Waals surface area (Å²) >= 11 is 6.35. The zero-order valence-electron chi connectivity index (χ0n) is 22.7. The number of aryl methyl sites for hydroxylation is 1. The SMILES string of the molecule is COc1ccc(CN(C(=O)CN(c2ccc(C)c(Cl)c2)S(=O)(=O)c2ccccc2)[C@H](C)C(=O)NC(C)C)cc1. The molecule has 0 saturated carbocycles. The van der Waals surface area contributed by atoms with Crippen LogP contribution >= 0.6 is 11.6 Å². The largest absolute Gasteiger partial charge is 0.497 e. The summed E-state index contributed by atoms with van der Waals surface area (Å²) in [6, 6.07) is 18.8. The first-order valence-electron chi connectivity index (χ1n) is 12.5. The van der Waals surface area contributed by atoms with E-state index in [4.69, 9.17) is 16.3 Å². The summed E-state index contributed by atoms with van der Waals surface area (Å²) in [5.41, 5.74) is 1.76. The van der Waals surface area contributed by atoms with Gasteiger partial charge in [0.05, 0.1) is 17.7 Å². The van der Waals surface area contributed by atoms with Gasteiger partial charge in [0.15, 0.2) is 0 Å². The van der Waals surface area contributed by atoms with Crippen molar-refractivity contribution in [2.75, 3.05) is 18.0 Å².